The molecular weight excluding hydrogens is 438 g/mol. The summed E-state index contributed by atoms with van der Waals surface area (Å²) >= 11 is 0. The maximum atomic E-state index is 13.4. The van der Waals surface area contributed by atoms with Crippen LogP contribution in [0.15, 0.2) is 42.5 Å². The van der Waals surface area contributed by atoms with Gasteiger partial charge in [-0.15, -0.1) is 12.4 Å². The molecule has 2 aromatic carbocycles. The molecule has 1 N–H and O–H groups in total. The maximum Gasteiger partial charge on any atom is 0.303 e. The number of fused-ring (bicyclic) bond motifs is 1. The van der Waals surface area contributed by atoms with E-state index in [-0.39, 0.29) is 24.6 Å². The largest absolute Gasteiger partial charge is 0.481 e. The molecule has 3 aromatic rings. The van der Waals surface area contributed by atoms with Gasteiger partial charge in [0.25, 0.3) is 0 Å². The standard InChI is InChI=1S/C26H27N3O3.ClH/c1-18-26(24(30)17-28-13-3-2-4-14-28)22-11-7-19(8-12-25(31)32)15-23(22)29(18)21-9-5-20(16-27)6-10-21;/h5-7,9-11,15H,2-4,8,12-14,17H2,1H3,(H,31,32);1H. The quantitative estimate of drug-likeness (QED) is 0.500. The normalized spacial score (nSPS) is 13.9. The molecule has 0 amide bonds. The third-order valence-electron chi connectivity index (χ3n) is 6.25. The van der Waals surface area contributed by atoms with Crippen molar-refractivity contribution in [2.24, 2.45) is 0 Å². The molecule has 1 aromatic heterocycles. The third-order valence-corrected chi connectivity index (χ3v) is 6.25. The van der Waals surface area contributed by atoms with Gasteiger partial charge in [0.05, 0.1) is 23.7 Å². The number of carbonyl (C=O) groups excluding carboxylic acids is 1. The smallest absolute Gasteiger partial charge is 0.303 e. The van der Waals surface area contributed by atoms with Crippen molar-refractivity contribution in [3.63, 3.8) is 0 Å². The highest BCUT2D eigenvalue weighted by molar-refractivity contribution is 6.11. The number of aromatic nitrogens is 1. The molecule has 6 nitrogen and oxygen atoms in total. The summed E-state index contributed by atoms with van der Waals surface area (Å²) in [6, 6.07) is 15.3. The van der Waals surface area contributed by atoms with Gasteiger partial charge in [0, 0.05) is 28.8 Å². The molecule has 1 aliphatic heterocycles. The van der Waals surface area contributed by atoms with Crippen LogP contribution in [0.5, 0.6) is 0 Å². The van der Waals surface area contributed by atoms with E-state index in [1.165, 1.54) is 6.42 Å². The van der Waals surface area contributed by atoms with E-state index in [1.54, 1.807) is 12.1 Å². The summed E-state index contributed by atoms with van der Waals surface area (Å²) in [4.78, 5) is 26.7. The molecule has 0 unspecified atom stereocenters. The average Bonchev–Trinajstić information content (AvgIpc) is 3.09. The van der Waals surface area contributed by atoms with Crippen LogP contribution in [0.4, 0.5) is 0 Å². The van der Waals surface area contributed by atoms with E-state index in [4.69, 9.17) is 10.4 Å². The number of carbonyl (C=O) groups is 2. The number of piperidine rings is 1. The Labute approximate surface area is 199 Å². The van der Waals surface area contributed by atoms with Gasteiger partial charge >= 0.3 is 5.97 Å². The van der Waals surface area contributed by atoms with Gasteiger partial charge in [-0.25, -0.2) is 0 Å². The van der Waals surface area contributed by atoms with E-state index < -0.39 is 5.97 Å². The Morgan fingerprint density at radius 1 is 1.06 bits per heavy atom. The topological polar surface area (TPSA) is 86.3 Å². The van der Waals surface area contributed by atoms with Crippen LogP contribution < -0.4 is 0 Å². The Hall–Kier alpha value is -3.14. The Bertz CT molecular complexity index is 1200. The number of carboxylic acid groups (broad SMARTS) is 1. The van der Waals surface area contributed by atoms with Crippen LogP contribution in [-0.4, -0.2) is 46.0 Å². The summed E-state index contributed by atoms with van der Waals surface area (Å²) < 4.78 is 2.05. The summed E-state index contributed by atoms with van der Waals surface area (Å²) in [7, 11) is 0. The zero-order chi connectivity index (χ0) is 22.7. The highest BCUT2D eigenvalue weighted by Crippen LogP contribution is 2.31. The van der Waals surface area contributed by atoms with Crippen molar-refractivity contribution in [3.05, 3.63) is 64.8 Å². The fraction of sp³-hybridized carbons (Fsp3) is 0.346. The number of Topliss-reactive ketones (excluding diaryl/α,β-unsaturated/α-hetero) is 1. The van der Waals surface area contributed by atoms with Crippen LogP contribution in [0.25, 0.3) is 16.6 Å². The summed E-state index contributed by atoms with van der Waals surface area (Å²) in [6.07, 6.45) is 3.97. The second kappa shape index (κ2) is 10.7. The van der Waals surface area contributed by atoms with Crippen LogP contribution in [0, 0.1) is 18.3 Å². The van der Waals surface area contributed by atoms with Crippen molar-refractivity contribution in [2.45, 2.75) is 39.0 Å². The van der Waals surface area contributed by atoms with Crippen LogP contribution in [0.1, 0.15) is 52.9 Å². The van der Waals surface area contributed by atoms with E-state index >= 15 is 0 Å². The lowest BCUT2D eigenvalue weighted by Crippen LogP contribution is -2.34. The Kier molecular flexibility index (Phi) is 7.91. The molecule has 2 heterocycles. The number of ketones is 1. The molecule has 172 valence electrons. The number of benzene rings is 2. The Morgan fingerprint density at radius 2 is 1.76 bits per heavy atom. The van der Waals surface area contributed by atoms with E-state index in [9.17, 15) is 9.59 Å². The summed E-state index contributed by atoms with van der Waals surface area (Å²) in [5.74, 6) is -0.721. The first kappa shape index (κ1) is 24.5. The van der Waals surface area contributed by atoms with E-state index in [2.05, 4.69) is 11.0 Å². The molecule has 0 aliphatic carbocycles. The first-order chi connectivity index (χ1) is 15.5. The highest BCUT2D eigenvalue weighted by atomic mass is 35.5. The highest BCUT2D eigenvalue weighted by Gasteiger charge is 2.23. The number of nitrogens with zero attached hydrogens (tertiary/aromatic N) is 3. The third kappa shape index (κ3) is 5.27. The summed E-state index contributed by atoms with van der Waals surface area (Å²) in [5, 5.41) is 19.1. The number of aryl methyl sites for hydroxylation is 1. The van der Waals surface area contributed by atoms with Gasteiger partial charge in [0.2, 0.25) is 0 Å². The fourth-order valence-corrected chi connectivity index (χ4v) is 4.64. The molecule has 1 fully saturated rings. The molecule has 0 spiro atoms. The molecule has 0 saturated carbocycles. The van der Waals surface area contributed by atoms with Crippen molar-refractivity contribution in [1.82, 2.24) is 9.47 Å². The van der Waals surface area contributed by atoms with Crippen molar-refractivity contribution in [1.29, 1.82) is 5.26 Å². The van der Waals surface area contributed by atoms with Crippen molar-refractivity contribution >= 4 is 35.1 Å². The zero-order valence-corrected chi connectivity index (χ0v) is 19.5. The molecule has 0 radical (unpaired) electrons. The van der Waals surface area contributed by atoms with Crippen LogP contribution in [0.3, 0.4) is 0 Å². The van der Waals surface area contributed by atoms with Gasteiger partial charge in [0.1, 0.15) is 0 Å². The minimum Gasteiger partial charge on any atom is -0.481 e. The summed E-state index contributed by atoms with van der Waals surface area (Å²) in [5.41, 5.74) is 4.84. The number of rotatable bonds is 7. The van der Waals surface area contributed by atoms with Gasteiger partial charge in [-0.1, -0.05) is 18.6 Å². The monoisotopic (exact) mass is 465 g/mol. The lowest BCUT2D eigenvalue weighted by molar-refractivity contribution is -0.136. The summed E-state index contributed by atoms with van der Waals surface area (Å²) in [6.45, 7) is 4.28. The van der Waals surface area contributed by atoms with Crippen LogP contribution in [0.2, 0.25) is 0 Å². The van der Waals surface area contributed by atoms with Crippen LogP contribution >= 0.6 is 12.4 Å². The van der Waals surface area contributed by atoms with Crippen molar-refractivity contribution in [3.8, 4) is 11.8 Å². The number of nitriles is 1. The lowest BCUT2D eigenvalue weighted by atomic mass is 10.0. The maximum absolute atomic E-state index is 13.4. The first-order valence-electron chi connectivity index (χ1n) is 11.1. The van der Waals surface area contributed by atoms with E-state index in [0.717, 1.165) is 59.3 Å². The predicted octanol–water partition coefficient (Wildman–Crippen LogP) is 4.92. The number of halogens is 1. The number of carboxylic acids is 1. The van der Waals surface area contributed by atoms with Gasteiger partial charge in [-0.05, 0) is 75.2 Å². The predicted molar refractivity (Wildman–Crippen MR) is 131 cm³/mol. The number of hydrogen-bond acceptors (Lipinski definition) is 4. The number of likely N-dealkylation sites (tertiary alicyclic amines) is 1. The number of aliphatic carboxylic acids is 1. The van der Waals surface area contributed by atoms with Gasteiger partial charge < -0.3 is 9.67 Å². The molecule has 0 bridgehead atoms. The molecule has 1 saturated heterocycles. The molecule has 33 heavy (non-hydrogen) atoms. The van der Waals surface area contributed by atoms with Gasteiger partial charge in [-0.2, -0.15) is 5.26 Å². The molecular formula is C26H28ClN3O3. The first-order valence-corrected chi connectivity index (χ1v) is 11.1. The molecule has 1 aliphatic rings. The van der Waals surface area contributed by atoms with Crippen molar-refractivity contribution < 1.29 is 14.7 Å². The lowest BCUT2D eigenvalue weighted by Gasteiger charge is -2.25. The Balaban J connectivity index is 0.00000306. The minimum atomic E-state index is -0.832. The number of hydrogen-bond donors (Lipinski definition) is 1. The second-order valence-corrected chi connectivity index (χ2v) is 8.46. The van der Waals surface area contributed by atoms with Gasteiger partial charge in [0.15, 0.2) is 5.78 Å². The average molecular weight is 466 g/mol. The van der Waals surface area contributed by atoms with Crippen molar-refractivity contribution in [2.75, 3.05) is 19.6 Å². The minimum absolute atomic E-state index is 0. The van der Waals surface area contributed by atoms with E-state index in [0.29, 0.717) is 18.5 Å². The Morgan fingerprint density at radius 3 is 2.39 bits per heavy atom. The zero-order valence-electron chi connectivity index (χ0n) is 18.7. The fourth-order valence-electron chi connectivity index (χ4n) is 4.64. The van der Waals surface area contributed by atoms with E-state index in [1.807, 2.05) is 41.8 Å². The van der Waals surface area contributed by atoms with Gasteiger partial charge in [-0.3, -0.25) is 14.5 Å². The molecule has 4 rings (SSSR count). The second-order valence-electron chi connectivity index (χ2n) is 8.46. The van der Waals surface area contributed by atoms with Crippen LogP contribution in [-0.2, 0) is 11.2 Å². The molecule has 0 atom stereocenters. The molecule has 7 heteroatoms. The SMILES string of the molecule is Cc1c(C(=O)CN2CCCCC2)c2ccc(CCC(=O)O)cc2n1-c1ccc(C#N)cc1.Cl.